The topological polar surface area (TPSA) is 54.0 Å². The number of anilines is 1. The lowest BCUT2D eigenvalue weighted by Gasteiger charge is -2.02. The summed E-state index contributed by atoms with van der Waals surface area (Å²) in [5.74, 6) is 0.698. The van der Waals surface area contributed by atoms with Crippen LogP contribution in [0.15, 0.2) is 29.1 Å². The van der Waals surface area contributed by atoms with E-state index in [1.165, 1.54) is 0 Å². The lowest BCUT2D eigenvalue weighted by atomic mass is 10.2. The SMILES string of the molecule is CN/C(Br)=C\Nc1ccc(C(=O)CBr)cn1. The molecule has 0 atom stereocenters. The van der Waals surface area contributed by atoms with Crippen molar-refractivity contribution in [2.45, 2.75) is 0 Å². The van der Waals surface area contributed by atoms with Crippen molar-refractivity contribution >= 4 is 43.5 Å². The van der Waals surface area contributed by atoms with E-state index < -0.39 is 0 Å². The Morgan fingerprint density at radius 2 is 2.31 bits per heavy atom. The number of rotatable bonds is 5. The molecule has 1 aromatic heterocycles. The summed E-state index contributed by atoms with van der Waals surface area (Å²) in [6.45, 7) is 0. The Morgan fingerprint density at radius 1 is 1.56 bits per heavy atom. The second-order valence-electron chi connectivity index (χ2n) is 2.88. The number of alkyl halides is 1. The summed E-state index contributed by atoms with van der Waals surface area (Å²) >= 11 is 6.39. The Labute approximate surface area is 111 Å². The molecule has 0 saturated carbocycles. The highest BCUT2D eigenvalue weighted by Gasteiger charge is 2.03. The predicted octanol–water partition coefficient (Wildman–Crippen LogP) is 2.48. The maximum Gasteiger partial charge on any atom is 0.174 e. The number of hydrogen-bond acceptors (Lipinski definition) is 4. The van der Waals surface area contributed by atoms with E-state index in [1.54, 1.807) is 31.6 Å². The summed E-state index contributed by atoms with van der Waals surface area (Å²) in [6, 6.07) is 3.49. The number of halogens is 2. The van der Waals surface area contributed by atoms with Gasteiger partial charge >= 0.3 is 0 Å². The minimum absolute atomic E-state index is 0.0194. The molecule has 0 aliphatic rings. The van der Waals surface area contributed by atoms with Crippen LogP contribution in [0.25, 0.3) is 0 Å². The average molecular weight is 349 g/mol. The molecule has 0 unspecified atom stereocenters. The van der Waals surface area contributed by atoms with Crippen molar-refractivity contribution in [3.63, 3.8) is 0 Å². The molecule has 0 amide bonds. The van der Waals surface area contributed by atoms with Crippen LogP contribution in [0.4, 0.5) is 5.82 Å². The highest BCUT2D eigenvalue weighted by Crippen LogP contribution is 2.08. The molecule has 0 aliphatic carbocycles. The van der Waals surface area contributed by atoms with Gasteiger partial charge in [-0.3, -0.25) is 4.79 Å². The van der Waals surface area contributed by atoms with Crippen molar-refractivity contribution in [1.82, 2.24) is 10.3 Å². The molecule has 0 fully saturated rings. The van der Waals surface area contributed by atoms with E-state index in [-0.39, 0.29) is 5.78 Å². The Morgan fingerprint density at radius 3 is 2.81 bits per heavy atom. The average Bonchev–Trinajstić information content (AvgIpc) is 2.35. The number of hydrogen-bond donors (Lipinski definition) is 2. The van der Waals surface area contributed by atoms with Crippen LogP contribution in [0.5, 0.6) is 0 Å². The highest BCUT2D eigenvalue weighted by molar-refractivity contribution is 9.11. The van der Waals surface area contributed by atoms with Gasteiger partial charge in [0.2, 0.25) is 0 Å². The van der Waals surface area contributed by atoms with Crippen LogP contribution in [-0.4, -0.2) is 23.1 Å². The zero-order valence-corrected chi connectivity index (χ0v) is 11.8. The number of nitrogens with zero attached hydrogens (tertiary/aromatic N) is 1. The van der Waals surface area contributed by atoms with E-state index >= 15 is 0 Å². The first-order valence-electron chi connectivity index (χ1n) is 4.52. The third-order valence-corrected chi connectivity index (χ3v) is 2.93. The molecule has 0 aliphatic heterocycles. The van der Waals surface area contributed by atoms with Crippen molar-refractivity contribution in [2.75, 3.05) is 17.7 Å². The standard InChI is InChI=1S/C10H11Br2N3O/c1-13-9(12)6-15-10-3-2-7(5-14-10)8(16)4-11/h2-3,5-6,13H,4H2,1H3,(H,14,15)/b9-6-. The molecule has 1 aromatic rings. The monoisotopic (exact) mass is 347 g/mol. The zero-order chi connectivity index (χ0) is 12.0. The largest absolute Gasteiger partial charge is 0.381 e. The summed E-state index contributed by atoms with van der Waals surface area (Å²) in [6.07, 6.45) is 3.28. The van der Waals surface area contributed by atoms with Gasteiger partial charge in [-0.1, -0.05) is 15.9 Å². The maximum absolute atomic E-state index is 11.3. The molecule has 2 N–H and O–H groups in total. The number of nitrogens with one attached hydrogen (secondary N) is 2. The first-order valence-corrected chi connectivity index (χ1v) is 6.44. The van der Waals surface area contributed by atoms with Gasteiger partial charge in [0.15, 0.2) is 5.78 Å². The zero-order valence-electron chi connectivity index (χ0n) is 8.63. The number of aromatic nitrogens is 1. The summed E-state index contributed by atoms with van der Waals surface area (Å²) in [5.41, 5.74) is 0.596. The predicted molar refractivity (Wildman–Crippen MR) is 72.1 cm³/mol. The third kappa shape index (κ3) is 3.94. The lowest BCUT2D eigenvalue weighted by Crippen LogP contribution is -2.04. The van der Waals surface area contributed by atoms with E-state index in [9.17, 15) is 4.79 Å². The second kappa shape index (κ2) is 6.65. The fourth-order valence-corrected chi connectivity index (χ4v) is 1.37. The Balaban J connectivity index is 2.68. The molecule has 1 heterocycles. The van der Waals surface area contributed by atoms with Crippen molar-refractivity contribution in [1.29, 1.82) is 0 Å². The van der Waals surface area contributed by atoms with Gasteiger partial charge in [-0.05, 0) is 28.1 Å². The summed E-state index contributed by atoms with van der Waals surface area (Å²) in [7, 11) is 1.80. The second-order valence-corrected chi connectivity index (χ2v) is 4.29. The first kappa shape index (κ1) is 13.2. The van der Waals surface area contributed by atoms with Gasteiger partial charge in [-0.2, -0.15) is 0 Å². The highest BCUT2D eigenvalue weighted by atomic mass is 79.9. The Bertz CT molecular complexity index is 390. The minimum atomic E-state index is 0.0194. The number of ketones is 1. The number of carbonyl (C=O) groups is 1. The van der Waals surface area contributed by atoms with E-state index in [0.717, 1.165) is 4.61 Å². The van der Waals surface area contributed by atoms with E-state index in [4.69, 9.17) is 0 Å². The van der Waals surface area contributed by atoms with E-state index in [0.29, 0.717) is 16.7 Å². The van der Waals surface area contributed by atoms with Gasteiger partial charge in [0.25, 0.3) is 0 Å². The molecule has 0 spiro atoms. The molecule has 1 rings (SSSR count). The molecular weight excluding hydrogens is 338 g/mol. The van der Waals surface area contributed by atoms with Crippen LogP contribution in [-0.2, 0) is 0 Å². The van der Waals surface area contributed by atoms with Crippen LogP contribution in [0.2, 0.25) is 0 Å². The smallest absolute Gasteiger partial charge is 0.174 e. The first-order chi connectivity index (χ1) is 7.67. The summed E-state index contributed by atoms with van der Waals surface area (Å²) in [5, 5.41) is 6.19. The van der Waals surface area contributed by atoms with E-state index in [1.807, 2.05) is 0 Å². The van der Waals surface area contributed by atoms with Gasteiger partial charge in [0.05, 0.1) is 9.94 Å². The van der Waals surface area contributed by atoms with E-state index in [2.05, 4.69) is 47.5 Å². The maximum atomic E-state index is 11.3. The Hall–Kier alpha value is -0.880. The number of carbonyl (C=O) groups excluding carboxylic acids is 1. The summed E-state index contributed by atoms with van der Waals surface area (Å²) < 4.78 is 0.815. The molecular formula is C10H11Br2N3O. The van der Waals surface area contributed by atoms with Crippen LogP contribution in [0.1, 0.15) is 10.4 Å². The van der Waals surface area contributed by atoms with Crippen LogP contribution in [0, 0.1) is 0 Å². The van der Waals surface area contributed by atoms with Gasteiger partial charge < -0.3 is 10.6 Å². The van der Waals surface area contributed by atoms with Crippen LogP contribution >= 0.6 is 31.9 Å². The fraction of sp³-hybridized carbons (Fsp3) is 0.200. The van der Waals surface area contributed by atoms with Crippen molar-refractivity contribution in [2.24, 2.45) is 0 Å². The Kier molecular flexibility index (Phi) is 5.48. The molecule has 86 valence electrons. The fourth-order valence-electron chi connectivity index (χ4n) is 0.931. The quantitative estimate of drug-likeness (QED) is 0.487. The normalized spacial score (nSPS) is 11.1. The van der Waals surface area contributed by atoms with Crippen LogP contribution in [0.3, 0.4) is 0 Å². The van der Waals surface area contributed by atoms with Gasteiger partial charge in [-0.25, -0.2) is 4.98 Å². The van der Waals surface area contributed by atoms with Gasteiger partial charge in [0.1, 0.15) is 5.82 Å². The molecule has 0 radical (unpaired) electrons. The molecule has 0 aromatic carbocycles. The number of Topliss-reactive ketones (excluding diaryl/α,β-unsaturated/α-hetero) is 1. The molecule has 6 heteroatoms. The van der Waals surface area contributed by atoms with Gasteiger partial charge in [0, 0.05) is 25.0 Å². The molecule has 0 bridgehead atoms. The lowest BCUT2D eigenvalue weighted by molar-refractivity contribution is 0.102. The summed E-state index contributed by atoms with van der Waals surface area (Å²) in [4.78, 5) is 15.4. The van der Waals surface area contributed by atoms with Crippen molar-refractivity contribution in [3.05, 3.63) is 34.7 Å². The van der Waals surface area contributed by atoms with Crippen molar-refractivity contribution < 1.29 is 4.79 Å². The van der Waals surface area contributed by atoms with Crippen LogP contribution < -0.4 is 10.6 Å². The minimum Gasteiger partial charge on any atom is -0.381 e. The number of pyridine rings is 1. The van der Waals surface area contributed by atoms with Gasteiger partial charge in [-0.15, -0.1) is 0 Å². The molecule has 0 saturated heterocycles. The third-order valence-electron chi connectivity index (χ3n) is 1.79. The van der Waals surface area contributed by atoms with Crippen molar-refractivity contribution in [3.8, 4) is 0 Å². The molecule has 4 nitrogen and oxygen atoms in total. The molecule has 16 heavy (non-hydrogen) atoms.